The molecule has 0 aliphatic heterocycles. The Labute approximate surface area is 159 Å². The Hall–Kier alpha value is -1.90. The summed E-state index contributed by atoms with van der Waals surface area (Å²) in [5.74, 6) is -1.16. The van der Waals surface area contributed by atoms with Crippen LogP contribution in [0.4, 0.5) is 0 Å². The van der Waals surface area contributed by atoms with E-state index < -0.39 is 22.0 Å². The highest BCUT2D eigenvalue weighted by Crippen LogP contribution is 2.32. The van der Waals surface area contributed by atoms with Gasteiger partial charge < -0.3 is 9.52 Å². The van der Waals surface area contributed by atoms with Gasteiger partial charge in [0.25, 0.3) is 0 Å². The van der Waals surface area contributed by atoms with Crippen LogP contribution in [0.2, 0.25) is 0 Å². The lowest BCUT2D eigenvalue weighted by atomic mass is 10.1. The molecule has 0 unspecified atom stereocenters. The van der Waals surface area contributed by atoms with E-state index in [1.165, 1.54) is 12.1 Å². The van der Waals surface area contributed by atoms with Crippen LogP contribution in [0.25, 0.3) is 21.9 Å². The average Bonchev–Trinajstić information content (AvgIpc) is 2.90. The van der Waals surface area contributed by atoms with Gasteiger partial charge in [-0.25, -0.2) is 8.42 Å². The van der Waals surface area contributed by atoms with Gasteiger partial charge in [0.15, 0.2) is 0 Å². The molecular formula is C18H18BrNO5S. The number of halogens is 1. The number of benzene rings is 2. The third-order valence-electron chi connectivity index (χ3n) is 4.02. The van der Waals surface area contributed by atoms with Crippen LogP contribution in [0.1, 0.15) is 20.3 Å². The largest absolute Gasteiger partial charge is 0.480 e. The van der Waals surface area contributed by atoms with Crippen molar-refractivity contribution < 1.29 is 22.7 Å². The first kappa shape index (κ1) is 18.9. The zero-order valence-corrected chi connectivity index (χ0v) is 16.6. The number of rotatable bonds is 6. The van der Waals surface area contributed by atoms with Crippen molar-refractivity contribution in [2.24, 2.45) is 5.92 Å². The van der Waals surface area contributed by atoms with Crippen molar-refractivity contribution in [1.82, 2.24) is 4.72 Å². The SMILES string of the molecule is CC(C)C[C@H](NS(=O)(=O)c1ccc2oc3ccc(Br)cc3c2c1)C(=O)O. The normalized spacial score (nSPS) is 13.5. The van der Waals surface area contributed by atoms with E-state index in [-0.39, 0.29) is 17.2 Å². The van der Waals surface area contributed by atoms with Crippen molar-refractivity contribution in [1.29, 1.82) is 0 Å². The lowest BCUT2D eigenvalue weighted by Crippen LogP contribution is -2.41. The van der Waals surface area contributed by atoms with E-state index in [2.05, 4.69) is 20.7 Å². The maximum Gasteiger partial charge on any atom is 0.321 e. The number of furan rings is 1. The van der Waals surface area contributed by atoms with Crippen molar-refractivity contribution in [3.05, 3.63) is 40.9 Å². The summed E-state index contributed by atoms with van der Waals surface area (Å²) in [6.07, 6.45) is 0.207. The highest BCUT2D eigenvalue weighted by molar-refractivity contribution is 9.10. The van der Waals surface area contributed by atoms with Crippen LogP contribution >= 0.6 is 15.9 Å². The molecule has 3 rings (SSSR count). The Bertz CT molecular complexity index is 1090. The molecule has 6 nitrogen and oxygen atoms in total. The molecule has 2 N–H and O–H groups in total. The minimum absolute atomic E-state index is 0.00248. The molecule has 26 heavy (non-hydrogen) atoms. The summed E-state index contributed by atoms with van der Waals surface area (Å²) >= 11 is 3.39. The molecule has 1 heterocycles. The van der Waals surface area contributed by atoms with E-state index in [1.54, 1.807) is 12.1 Å². The Morgan fingerprint density at radius 3 is 2.38 bits per heavy atom. The molecule has 2 aromatic carbocycles. The molecule has 0 aliphatic carbocycles. The summed E-state index contributed by atoms with van der Waals surface area (Å²) in [6, 6.07) is 8.81. The minimum Gasteiger partial charge on any atom is -0.480 e. The van der Waals surface area contributed by atoms with Gasteiger partial charge in [0.1, 0.15) is 17.2 Å². The van der Waals surface area contributed by atoms with Gasteiger partial charge in [-0.3, -0.25) is 4.79 Å². The number of hydrogen-bond donors (Lipinski definition) is 2. The van der Waals surface area contributed by atoms with Gasteiger partial charge >= 0.3 is 5.97 Å². The Morgan fingerprint density at radius 1 is 1.15 bits per heavy atom. The summed E-state index contributed by atoms with van der Waals surface area (Å²) in [7, 11) is -3.98. The van der Waals surface area contributed by atoms with E-state index in [0.29, 0.717) is 16.6 Å². The number of fused-ring (bicyclic) bond motifs is 3. The van der Waals surface area contributed by atoms with Crippen LogP contribution in [-0.4, -0.2) is 25.5 Å². The second-order valence-corrected chi connectivity index (χ2v) is 9.17. The van der Waals surface area contributed by atoms with E-state index in [0.717, 1.165) is 9.86 Å². The number of carboxylic acid groups (broad SMARTS) is 1. The van der Waals surface area contributed by atoms with Gasteiger partial charge in [-0.1, -0.05) is 29.8 Å². The van der Waals surface area contributed by atoms with Crippen LogP contribution in [0, 0.1) is 5.92 Å². The van der Waals surface area contributed by atoms with E-state index >= 15 is 0 Å². The molecule has 0 spiro atoms. The highest BCUT2D eigenvalue weighted by Gasteiger charge is 2.26. The molecule has 8 heteroatoms. The zero-order chi connectivity index (χ0) is 19.1. The van der Waals surface area contributed by atoms with Crippen molar-refractivity contribution in [2.45, 2.75) is 31.2 Å². The van der Waals surface area contributed by atoms with Gasteiger partial charge in [-0.2, -0.15) is 4.72 Å². The monoisotopic (exact) mass is 439 g/mol. The molecule has 0 radical (unpaired) electrons. The number of sulfonamides is 1. The third kappa shape index (κ3) is 3.77. The highest BCUT2D eigenvalue weighted by atomic mass is 79.9. The Kier molecular flexibility index (Phi) is 5.09. The van der Waals surface area contributed by atoms with Crippen LogP contribution < -0.4 is 4.72 Å². The molecule has 0 saturated carbocycles. The molecule has 0 amide bonds. The topological polar surface area (TPSA) is 96.6 Å². The molecule has 0 bridgehead atoms. The number of aliphatic carboxylic acids is 1. The minimum atomic E-state index is -3.98. The standard InChI is InChI=1S/C18H18BrNO5S/c1-10(2)7-15(18(21)22)20-26(23,24)12-4-6-17-14(9-12)13-8-11(19)3-5-16(13)25-17/h3-6,8-10,15,20H,7H2,1-2H3,(H,21,22)/t15-/m0/s1. The quantitative estimate of drug-likeness (QED) is 0.601. The summed E-state index contributed by atoms with van der Waals surface area (Å²) in [5, 5.41) is 10.7. The average molecular weight is 440 g/mol. The number of nitrogens with one attached hydrogen (secondary N) is 1. The fraction of sp³-hybridized carbons (Fsp3) is 0.278. The van der Waals surface area contributed by atoms with Crippen molar-refractivity contribution in [3.63, 3.8) is 0 Å². The maximum absolute atomic E-state index is 12.7. The lowest BCUT2D eigenvalue weighted by Gasteiger charge is -2.16. The number of carboxylic acids is 1. The first-order valence-electron chi connectivity index (χ1n) is 8.04. The molecule has 138 valence electrons. The first-order valence-corrected chi connectivity index (χ1v) is 10.3. The summed E-state index contributed by atoms with van der Waals surface area (Å²) in [5.41, 5.74) is 1.21. The van der Waals surface area contributed by atoms with Gasteiger partial charge in [0.2, 0.25) is 10.0 Å². The van der Waals surface area contributed by atoms with Gasteiger partial charge in [-0.15, -0.1) is 0 Å². The van der Waals surface area contributed by atoms with Gasteiger partial charge in [0.05, 0.1) is 4.90 Å². The smallest absolute Gasteiger partial charge is 0.321 e. The van der Waals surface area contributed by atoms with Gasteiger partial charge in [-0.05, 0) is 48.7 Å². The zero-order valence-electron chi connectivity index (χ0n) is 14.2. The second-order valence-electron chi connectivity index (χ2n) is 6.54. The fourth-order valence-electron chi connectivity index (χ4n) is 2.82. The van der Waals surface area contributed by atoms with Crippen LogP contribution in [0.5, 0.6) is 0 Å². The van der Waals surface area contributed by atoms with Gasteiger partial charge in [0, 0.05) is 15.2 Å². The van der Waals surface area contributed by atoms with Crippen LogP contribution in [0.3, 0.4) is 0 Å². The van der Waals surface area contributed by atoms with Crippen molar-refractivity contribution in [3.8, 4) is 0 Å². The number of hydrogen-bond acceptors (Lipinski definition) is 4. The van der Waals surface area contributed by atoms with Crippen molar-refractivity contribution in [2.75, 3.05) is 0 Å². The van der Waals surface area contributed by atoms with Crippen LogP contribution in [0.15, 0.2) is 50.2 Å². The fourth-order valence-corrected chi connectivity index (χ4v) is 4.41. The predicted octanol–water partition coefficient (Wildman–Crippen LogP) is 4.13. The Morgan fingerprint density at radius 2 is 1.77 bits per heavy atom. The predicted molar refractivity (Wildman–Crippen MR) is 103 cm³/mol. The van der Waals surface area contributed by atoms with E-state index in [1.807, 2.05) is 26.0 Å². The lowest BCUT2D eigenvalue weighted by molar-refractivity contribution is -0.139. The molecule has 0 saturated heterocycles. The molecule has 1 atom stereocenters. The summed E-state index contributed by atoms with van der Waals surface area (Å²) in [6.45, 7) is 3.68. The molecular weight excluding hydrogens is 422 g/mol. The maximum atomic E-state index is 12.7. The Balaban J connectivity index is 2.04. The molecule has 0 aliphatic rings. The van der Waals surface area contributed by atoms with Crippen molar-refractivity contribution >= 4 is 53.9 Å². The molecule has 0 fully saturated rings. The summed E-state index contributed by atoms with van der Waals surface area (Å²) in [4.78, 5) is 11.4. The van der Waals surface area contributed by atoms with Crippen LogP contribution in [-0.2, 0) is 14.8 Å². The van der Waals surface area contributed by atoms with E-state index in [9.17, 15) is 18.3 Å². The molecule has 3 aromatic rings. The van der Waals surface area contributed by atoms with E-state index in [4.69, 9.17) is 4.42 Å². The third-order valence-corrected chi connectivity index (χ3v) is 5.98. The second kappa shape index (κ2) is 7.02. The summed E-state index contributed by atoms with van der Waals surface area (Å²) < 4.78 is 34.2. The number of carbonyl (C=O) groups is 1. The molecule has 1 aromatic heterocycles. The first-order chi connectivity index (χ1) is 12.2.